The first-order valence-corrected chi connectivity index (χ1v) is 10.9. The lowest BCUT2D eigenvalue weighted by Crippen LogP contribution is -2.44. The first kappa shape index (κ1) is 22.5. The van der Waals surface area contributed by atoms with Gasteiger partial charge >= 0.3 is 0 Å². The van der Waals surface area contributed by atoms with Gasteiger partial charge in [0, 0.05) is 12.2 Å². The summed E-state index contributed by atoms with van der Waals surface area (Å²) < 4.78 is 17.0. The molecule has 1 amide bonds. The summed E-state index contributed by atoms with van der Waals surface area (Å²) >= 11 is 0. The van der Waals surface area contributed by atoms with Gasteiger partial charge in [0.05, 0.1) is 26.0 Å². The van der Waals surface area contributed by atoms with Gasteiger partial charge < -0.3 is 24.4 Å². The van der Waals surface area contributed by atoms with Crippen molar-refractivity contribution in [3.8, 4) is 11.5 Å². The smallest absolute Gasteiger partial charge is 0.260 e. The average molecular weight is 449 g/mol. The Morgan fingerprint density at radius 3 is 2.67 bits per heavy atom. The van der Waals surface area contributed by atoms with E-state index >= 15 is 0 Å². The number of carbonyl (C=O) groups excluding carboxylic acids is 1. The molecule has 0 radical (unpaired) electrons. The van der Waals surface area contributed by atoms with E-state index in [2.05, 4.69) is 15.3 Å². The van der Waals surface area contributed by atoms with Crippen LogP contribution in [-0.2, 0) is 9.53 Å². The Morgan fingerprint density at radius 1 is 1.09 bits per heavy atom. The van der Waals surface area contributed by atoms with Gasteiger partial charge in [-0.2, -0.15) is 0 Å². The first-order chi connectivity index (χ1) is 16.0. The molecule has 0 spiro atoms. The molecule has 8 nitrogen and oxygen atoms in total. The predicted octanol–water partition coefficient (Wildman–Crippen LogP) is 3.82. The van der Waals surface area contributed by atoms with Crippen molar-refractivity contribution in [3.05, 3.63) is 71.5 Å². The van der Waals surface area contributed by atoms with Crippen molar-refractivity contribution < 1.29 is 19.0 Å². The highest BCUT2D eigenvalue weighted by Gasteiger charge is 2.27. The van der Waals surface area contributed by atoms with Crippen LogP contribution in [0.15, 0.2) is 54.6 Å². The van der Waals surface area contributed by atoms with Crippen LogP contribution in [0.25, 0.3) is 0 Å². The molecule has 0 unspecified atom stereocenters. The maximum atomic E-state index is 12.8. The number of nitrogens with zero attached hydrogens (tertiary/aromatic N) is 3. The second kappa shape index (κ2) is 10.3. The van der Waals surface area contributed by atoms with Gasteiger partial charge in [-0.1, -0.05) is 18.2 Å². The summed E-state index contributed by atoms with van der Waals surface area (Å²) in [6, 6.07) is 17.1. The maximum Gasteiger partial charge on any atom is 0.260 e. The number of morpholine rings is 1. The van der Waals surface area contributed by atoms with Gasteiger partial charge in [-0.15, -0.1) is 0 Å². The highest BCUT2D eigenvalue weighted by Crippen LogP contribution is 2.28. The first-order valence-electron chi connectivity index (χ1n) is 10.9. The second-order valence-corrected chi connectivity index (χ2v) is 7.88. The largest absolute Gasteiger partial charge is 0.493 e. The summed E-state index contributed by atoms with van der Waals surface area (Å²) in [6.07, 6.45) is -0.316. The average Bonchev–Trinajstić information content (AvgIpc) is 2.83. The highest BCUT2D eigenvalue weighted by atomic mass is 16.5. The lowest BCUT2D eigenvalue weighted by atomic mass is 10.2. The van der Waals surface area contributed by atoms with Gasteiger partial charge in [-0.05, 0) is 55.8 Å². The Morgan fingerprint density at radius 2 is 1.88 bits per heavy atom. The molecule has 1 aromatic carbocycles. The monoisotopic (exact) mass is 448 g/mol. The Hall–Kier alpha value is -3.65. The molecule has 1 aliphatic rings. The van der Waals surface area contributed by atoms with E-state index in [0.29, 0.717) is 37.0 Å². The molecule has 1 N–H and O–H groups in total. The van der Waals surface area contributed by atoms with Crippen LogP contribution < -0.4 is 14.8 Å². The maximum absolute atomic E-state index is 12.8. The lowest BCUT2D eigenvalue weighted by Gasteiger charge is -2.32. The van der Waals surface area contributed by atoms with Crippen LogP contribution in [0, 0.1) is 13.8 Å². The van der Waals surface area contributed by atoms with E-state index in [1.807, 2.05) is 68.4 Å². The molecule has 3 heterocycles. The van der Waals surface area contributed by atoms with Crippen molar-refractivity contribution in [1.82, 2.24) is 14.9 Å². The zero-order valence-electron chi connectivity index (χ0n) is 19.1. The number of hydrogen-bond donors (Lipinski definition) is 1. The predicted molar refractivity (Wildman–Crippen MR) is 125 cm³/mol. The highest BCUT2D eigenvalue weighted by molar-refractivity contribution is 5.78. The molecule has 0 saturated carbocycles. The topological polar surface area (TPSA) is 85.8 Å². The van der Waals surface area contributed by atoms with Crippen molar-refractivity contribution in [2.75, 3.05) is 38.7 Å². The number of amides is 1. The number of hydrogen-bond acceptors (Lipinski definition) is 7. The van der Waals surface area contributed by atoms with Crippen molar-refractivity contribution >= 4 is 17.5 Å². The van der Waals surface area contributed by atoms with Crippen LogP contribution in [0.2, 0.25) is 0 Å². The minimum Gasteiger partial charge on any atom is -0.493 e. The van der Waals surface area contributed by atoms with Crippen molar-refractivity contribution in [3.63, 3.8) is 0 Å². The van der Waals surface area contributed by atoms with Gasteiger partial charge in [0.15, 0.2) is 18.1 Å². The molecule has 3 aromatic rings. The number of benzene rings is 1. The third kappa shape index (κ3) is 5.78. The van der Waals surface area contributed by atoms with Gasteiger partial charge in [-0.3, -0.25) is 4.79 Å². The third-order valence-electron chi connectivity index (χ3n) is 5.33. The molecule has 0 bridgehead atoms. The molecule has 1 atom stereocenters. The fourth-order valence-electron chi connectivity index (χ4n) is 3.62. The molecular weight excluding hydrogens is 420 g/mol. The molecule has 4 rings (SSSR count). The van der Waals surface area contributed by atoms with Gasteiger partial charge in [0.2, 0.25) is 0 Å². The number of carbonyl (C=O) groups is 1. The number of anilines is 2. The van der Waals surface area contributed by atoms with Gasteiger partial charge in [0.1, 0.15) is 17.7 Å². The van der Waals surface area contributed by atoms with Crippen molar-refractivity contribution in [1.29, 1.82) is 0 Å². The number of ether oxygens (including phenoxy) is 3. The zero-order chi connectivity index (χ0) is 23.2. The summed E-state index contributed by atoms with van der Waals surface area (Å²) in [5, 5.41) is 3.22. The standard InChI is InChI=1S/C25H28N4O4/c1-17-10-11-20(21(14-17)31-3)33-16-25(30)29-12-13-32-22(15-29)19-7-5-9-24(27-19)28-23-8-4-6-18(2)26-23/h4-11,14,22H,12-13,15-16H2,1-3H3,(H,26,27,28)/t22-/m1/s1. The van der Waals surface area contributed by atoms with Crippen LogP contribution >= 0.6 is 0 Å². The minimum atomic E-state index is -0.316. The van der Waals surface area contributed by atoms with E-state index in [1.165, 1.54) is 0 Å². The van der Waals surface area contributed by atoms with Crippen molar-refractivity contribution in [2.45, 2.75) is 20.0 Å². The summed E-state index contributed by atoms with van der Waals surface area (Å²) in [4.78, 5) is 23.7. The lowest BCUT2D eigenvalue weighted by molar-refractivity contribution is -0.141. The normalized spacial score (nSPS) is 15.7. The Bertz CT molecular complexity index is 1120. The number of aryl methyl sites for hydroxylation is 2. The Balaban J connectivity index is 1.38. The van der Waals surface area contributed by atoms with Crippen LogP contribution in [-0.4, -0.2) is 54.2 Å². The van der Waals surface area contributed by atoms with Gasteiger partial charge in [-0.25, -0.2) is 9.97 Å². The molecular formula is C25H28N4O4. The number of pyridine rings is 2. The Labute approximate surface area is 193 Å². The van der Waals surface area contributed by atoms with E-state index in [4.69, 9.17) is 14.2 Å². The summed E-state index contributed by atoms with van der Waals surface area (Å²) in [5.74, 6) is 2.45. The van der Waals surface area contributed by atoms with Gasteiger partial charge in [0.25, 0.3) is 5.91 Å². The molecule has 1 fully saturated rings. The van der Waals surface area contributed by atoms with Crippen LogP contribution in [0.5, 0.6) is 11.5 Å². The molecule has 172 valence electrons. The summed E-state index contributed by atoms with van der Waals surface area (Å²) in [7, 11) is 1.58. The Kier molecular flexibility index (Phi) is 7.04. The van der Waals surface area contributed by atoms with E-state index in [-0.39, 0.29) is 18.6 Å². The van der Waals surface area contributed by atoms with Crippen molar-refractivity contribution in [2.24, 2.45) is 0 Å². The number of nitrogens with one attached hydrogen (secondary N) is 1. The summed E-state index contributed by atoms with van der Waals surface area (Å²) in [5.41, 5.74) is 2.74. The second-order valence-electron chi connectivity index (χ2n) is 7.88. The molecule has 1 aliphatic heterocycles. The summed E-state index contributed by atoms with van der Waals surface area (Å²) in [6.45, 7) is 5.20. The van der Waals surface area contributed by atoms with E-state index < -0.39 is 0 Å². The van der Waals surface area contributed by atoms with E-state index in [0.717, 1.165) is 22.8 Å². The fourth-order valence-corrected chi connectivity index (χ4v) is 3.62. The molecule has 8 heteroatoms. The van der Waals surface area contributed by atoms with Crippen LogP contribution in [0.1, 0.15) is 23.1 Å². The van der Waals surface area contributed by atoms with E-state index in [1.54, 1.807) is 12.0 Å². The molecule has 1 saturated heterocycles. The quantitative estimate of drug-likeness (QED) is 0.588. The third-order valence-corrected chi connectivity index (χ3v) is 5.33. The van der Waals surface area contributed by atoms with Crippen LogP contribution in [0.4, 0.5) is 11.6 Å². The minimum absolute atomic E-state index is 0.0693. The zero-order valence-corrected chi connectivity index (χ0v) is 19.1. The number of methoxy groups -OCH3 is 1. The van der Waals surface area contributed by atoms with E-state index in [9.17, 15) is 4.79 Å². The molecule has 33 heavy (non-hydrogen) atoms. The number of aromatic nitrogens is 2. The molecule has 0 aliphatic carbocycles. The number of rotatable bonds is 7. The molecule has 2 aromatic heterocycles. The van der Waals surface area contributed by atoms with Crippen LogP contribution in [0.3, 0.4) is 0 Å². The SMILES string of the molecule is COc1cc(C)ccc1OCC(=O)N1CCO[C@@H](c2cccc(Nc3cccc(C)n3)n2)C1. The fraction of sp³-hybridized carbons (Fsp3) is 0.320.